The zero-order valence-corrected chi connectivity index (χ0v) is 16.0. The SMILES string of the molecule is COC(=O)N1CCc2ccc(S(=O)(=O)N3CCCc4ccccc43)cc2C1. The number of ether oxygens (including phenoxy) is 1. The Balaban J connectivity index is 1.69. The molecule has 0 atom stereocenters. The summed E-state index contributed by atoms with van der Waals surface area (Å²) < 4.78 is 33.0. The molecule has 0 saturated carbocycles. The minimum Gasteiger partial charge on any atom is -0.453 e. The molecule has 2 aromatic rings. The lowest BCUT2D eigenvalue weighted by atomic mass is 10.0. The minimum atomic E-state index is -3.65. The molecule has 142 valence electrons. The van der Waals surface area contributed by atoms with E-state index in [-0.39, 0.29) is 11.0 Å². The fourth-order valence-corrected chi connectivity index (χ4v) is 5.45. The molecule has 1 amide bonds. The minimum absolute atomic E-state index is 0.268. The van der Waals surface area contributed by atoms with Crippen molar-refractivity contribution in [2.75, 3.05) is 24.5 Å². The Kier molecular flexibility index (Phi) is 4.55. The lowest BCUT2D eigenvalue weighted by Gasteiger charge is -2.31. The normalized spacial score (nSPS) is 16.5. The van der Waals surface area contributed by atoms with Gasteiger partial charge in [-0.3, -0.25) is 4.31 Å². The van der Waals surface area contributed by atoms with Crippen LogP contribution >= 0.6 is 0 Å². The average molecular weight is 386 g/mol. The van der Waals surface area contributed by atoms with Gasteiger partial charge < -0.3 is 9.64 Å². The van der Waals surface area contributed by atoms with Crippen LogP contribution in [0.4, 0.5) is 10.5 Å². The van der Waals surface area contributed by atoms with Crippen molar-refractivity contribution in [1.82, 2.24) is 4.90 Å². The van der Waals surface area contributed by atoms with E-state index >= 15 is 0 Å². The van der Waals surface area contributed by atoms with E-state index in [9.17, 15) is 13.2 Å². The number of fused-ring (bicyclic) bond motifs is 2. The van der Waals surface area contributed by atoms with E-state index in [2.05, 4.69) is 0 Å². The first-order valence-electron chi connectivity index (χ1n) is 9.06. The summed E-state index contributed by atoms with van der Waals surface area (Å²) in [7, 11) is -2.30. The number of rotatable bonds is 2. The summed E-state index contributed by atoms with van der Waals surface area (Å²) in [5.41, 5.74) is 3.76. The number of carbonyl (C=O) groups is 1. The van der Waals surface area contributed by atoms with Gasteiger partial charge in [0.05, 0.1) is 17.7 Å². The van der Waals surface area contributed by atoms with E-state index in [4.69, 9.17) is 4.74 Å². The van der Waals surface area contributed by atoms with Gasteiger partial charge in [-0.05, 0) is 54.2 Å². The Labute approximate surface area is 159 Å². The number of anilines is 1. The predicted molar refractivity (Wildman–Crippen MR) is 102 cm³/mol. The molecule has 0 unspecified atom stereocenters. The molecule has 27 heavy (non-hydrogen) atoms. The van der Waals surface area contributed by atoms with Crippen molar-refractivity contribution in [3.8, 4) is 0 Å². The highest BCUT2D eigenvalue weighted by Crippen LogP contribution is 2.33. The number of para-hydroxylation sites is 1. The molecule has 2 aromatic carbocycles. The summed E-state index contributed by atoms with van der Waals surface area (Å²) in [6.07, 6.45) is 1.99. The molecule has 0 aromatic heterocycles. The van der Waals surface area contributed by atoms with Gasteiger partial charge in [0, 0.05) is 19.6 Å². The van der Waals surface area contributed by atoms with Crippen LogP contribution in [0, 0.1) is 0 Å². The predicted octanol–water partition coefficient (Wildman–Crippen LogP) is 2.95. The zero-order valence-electron chi connectivity index (χ0n) is 15.2. The first kappa shape index (κ1) is 17.9. The van der Waals surface area contributed by atoms with Gasteiger partial charge in [-0.2, -0.15) is 0 Å². The van der Waals surface area contributed by atoms with Crippen molar-refractivity contribution < 1.29 is 17.9 Å². The van der Waals surface area contributed by atoms with Crippen molar-refractivity contribution in [1.29, 1.82) is 0 Å². The maximum absolute atomic E-state index is 13.3. The molecule has 6 nitrogen and oxygen atoms in total. The van der Waals surface area contributed by atoms with E-state index in [1.807, 2.05) is 30.3 Å². The van der Waals surface area contributed by atoms with E-state index in [0.717, 1.165) is 35.2 Å². The number of hydrogen-bond acceptors (Lipinski definition) is 4. The lowest BCUT2D eigenvalue weighted by Crippen LogP contribution is -2.37. The summed E-state index contributed by atoms with van der Waals surface area (Å²) in [5, 5.41) is 0. The lowest BCUT2D eigenvalue weighted by molar-refractivity contribution is 0.118. The van der Waals surface area contributed by atoms with Crippen LogP contribution in [0.25, 0.3) is 0 Å². The molecule has 0 bridgehead atoms. The standard InChI is InChI=1S/C20H22N2O4S/c1-26-20(23)21-12-10-15-8-9-18(13-17(15)14-21)27(24,25)22-11-4-6-16-5-2-3-7-19(16)22/h2-3,5,7-9,13H,4,6,10-12,14H2,1H3. The number of carbonyl (C=O) groups excluding carboxylic acids is 1. The zero-order chi connectivity index (χ0) is 19.0. The van der Waals surface area contributed by atoms with Crippen LogP contribution in [0.3, 0.4) is 0 Å². The van der Waals surface area contributed by atoms with Crippen LogP contribution in [0.5, 0.6) is 0 Å². The van der Waals surface area contributed by atoms with Gasteiger partial charge in [-0.25, -0.2) is 13.2 Å². The smallest absolute Gasteiger partial charge is 0.409 e. The first-order valence-corrected chi connectivity index (χ1v) is 10.5. The summed E-state index contributed by atoms with van der Waals surface area (Å²) in [4.78, 5) is 13.7. The van der Waals surface area contributed by atoms with Crippen LogP contribution in [0.1, 0.15) is 23.1 Å². The monoisotopic (exact) mass is 386 g/mol. The van der Waals surface area contributed by atoms with Gasteiger partial charge in [0.25, 0.3) is 10.0 Å². The Morgan fingerprint density at radius 3 is 2.63 bits per heavy atom. The fraction of sp³-hybridized carbons (Fsp3) is 0.350. The second-order valence-electron chi connectivity index (χ2n) is 6.88. The number of methoxy groups -OCH3 is 1. The van der Waals surface area contributed by atoms with E-state index in [0.29, 0.717) is 26.1 Å². The maximum atomic E-state index is 13.3. The van der Waals surface area contributed by atoms with Crippen molar-refractivity contribution in [2.45, 2.75) is 30.7 Å². The molecule has 0 aliphatic carbocycles. The van der Waals surface area contributed by atoms with Gasteiger partial charge in [-0.1, -0.05) is 24.3 Å². The van der Waals surface area contributed by atoms with Crippen LogP contribution in [-0.2, 0) is 34.1 Å². The summed E-state index contributed by atoms with van der Waals surface area (Å²) in [6.45, 7) is 1.41. The molecular weight excluding hydrogens is 364 g/mol. The number of amides is 1. The molecule has 2 heterocycles. The Morgan fingerprint density at radius 2 is 1.81 bits per heavy atom. The third-order valence-corrected chi connectivity index (χ3v) is 7.09. The van der Waals surface area contributed by atoms with Crippen molar-refractivity contribution >= 4 is 21.8 Å². The van der Waals surface area contributed by atoms with Crippen molar-refractivity contribution in [2.24, 2.45) is 0 Å². The molecule has 0 fully saturated rings. The first-order chi connectivity index (χ1) is 13.0. The second-order valence-corrected chi connectivity index (χ2v) is 8.74. The number of aryl methyl sites for hydroxylation is 1. The molecule has 2 aliphatic rings. The van der Waals surface area contributed by atoms with Crippen molar-refractivity contribution in [3.05, 3.63) is 59.2 Å². The number of benzene rings is 2. The molecule has 0 saturated heterocycles. The third kappa shape index (κ3) is 3.16. The fourth-order valence-electron chi connectivity index (χ4n) is 3.85. The molecule has 0 N–H and O–H groups in total. The molecule has 4 rings (SSSR count). The van der Waals surface area contributed by atoms with E-state index in [1.54, 1.807) is 17.0 Å². The maximum Gasteiger partial charge on any atom is 0.409 e. The van der Waals surface area contributed by atoms with E-state index in [1.165, 1.54) is 11.4 Å². The van der Waals surface area contributed by atoms with E-state index < -0.39 is 10.0 Å². The second kappa shape index (κ2) is 6.88. The summed E-state index contributed by atoms with van der Waals surface area (Å²) >= 11 is 0. The quantitative estimate of drug-likeness (QED) is 0.796. The van der Waals surface area contributed by atoms with Gasteiger partial charge in [-0.15, -0.1) is 0 Å². The molecule has 2 aliphatic heterocycles. The third-order valence-electron chi connectivity index (χ3n) is 5.28. The molecular formula is C20H22N2O4S. The van der Waals surface area contributed by atoms with Gasteiger partial charge in [0.1, 0.15) is 0 Å². The largest absolute Gasteiger partial charge is 0.453 e. The highest BCUT2D eigenvalue weighted by atomic mass is 32.2. The molecule has 0 radical (unpaired) electrons. The number of hydrogen-bond donors (Lipinski definition) is 0. The highest BCUT2D eigenvalue weighted by Gasteiger charge is 2.30. The topological polar surface area (TPSA) is 66.9 Å². The Morgan fingerprint density at radius 1 is 1.00 bits per heavy atom. The van der Waals surface area contributed by atoms with Crippen LogP contribution in [0.2, 0.25) is 0 Å². The Hall–Kier alpha value is -2.54. The van der Waals surface area contributed by atoms with Gasteiger partial charge in [0.15, 0.2) is 0 Å². The molecule has 0 spiro atoms. The summed E-state index contributed by atoms with van der Waals surface area (Å²) in [5.74, 6) is 0. The summed E-state index contributed by atoms with van der Waals surface area (Å²) in [6, 6.07) is 12.9. The molecule has 7 heteroatoms. The number of nitrogens with zero attached hydrogens (tertiary/aromatic N) is 2. The van der Waals surface area contributed by atoms with Gasteiger partial charge >= 0.3 is 6.09 Å². The average Bonchev–Trinajstić information content (AvgIpc) is 2.71. The van der Waals surface area contributed by atoms with Crippen LogP contribution in [0.15, 0.2) is 47.4 Å². The van der Waals surface area contributed by atoms with Crippen LogP contribution in [-0.4, -0.2) is 39.6 Å². The van der Waals surface area contributed by atoms with Crippen molar-refractivity contribution in [3.63, 3.8) is 0 Å². The number of sulfonamides is 1. The van der Waals surface area contributed by atoms with Gasteiger partial charge in [0.2, 0.25) is 0 Å². The highest BCUT2D eigenvalue weighted by molar-refractivity contribution is 7.92. The van der Waals surface area contributed by atoms with Crippen LogP contribution < -0.4 is 4.31 Å². The Bertz CT molecular complexity index is 987.